The van der Waals surface area contributed by atoms with E-state index < -0.39 is 12.1 Å². The topological polar surface area (TPSA) is 94.5 Å². The van der Waals surface area contributed by atoms with Crippen molar-refractivity contribution in [3.63, 3.8) is 0 Å². The molecule has 2 rings (SSSR count). The monoisotopic (exact) mass is 432 g/mol. The standard InChI is InChI=1S/C22H32N4O3S/c1-22(2,3)13-19(25-21(28)26-9-11-29-12-10-26)20(27)24-18(14-23)16-30-15-17-7-5-4-6-8-17/h4-8,18-19H,9-13,15-16H2,1-3H3,(H,24,27)(H,25,28)/t18-,19+/m1/s1. The maximum atomic E-state index is 12.9. The number of benzene rings is 1. The highest BCUT2D eigenvalue weighted by Gasteiger charge is 2.30. The van der Waals surface area contributed by atoms with Crippen LogP contribution in [0, 0.1) is 16.7 Å². The highest BCUT2D eigenvalue weighted by molar-refractivity contribution is 7.98. The molecule has 1 saturated heterocycles. The third-order valence-electron chi connectivity index (χ3n) is 4.60. The fourth-order valence-electron chi connectivity index (χ4n) is 3.08. The van der Waals surface area contributed by atoms with E-state index in [9.17, 15) is 14.9 Å². The number of hydrogen-bond acceptors (Lipinski definition) is 5. The molecule has 30 heavy (non-hydrogen) atoms. The number of thioether (sulfide) groups is 1. The lowest BCUT2D eigenvalue weighted by molar-refractivity contribution is -0.124. The zero-order chi connectivity index (χ0) is 22.0. The van der Waals surface area contributed by atoms with E-state index in [2.05, 4.69) is 16.7 Å². The minimum atomic E-state index is -0.699. The van der Waals surface area contributed by atoms with E-state index in [1.807, 2.05) is 51.1 Å². The van der Waals surface area contributed by atoms with E-state index in [1.165, 1.54) is 5.56 Å². The molecule has 3 amide bonds. The molecule has 1 fully saturated rings. The van der Waals surface area contributed by atoms with E-state index in [1.54, 1.807) is 16.7 Å². The lowest BCUT2D eigenvalue weighted by Crippen LogP contribution is -2.55. The zero-order valence-electron chi connectivity index (χ0n) is 18.0. The van der Waals surface area contributed by atoms with Gasteiger partial charge in [-0.15, -0.1) is 0 Å². The van der Waals surface area contributed by atoms with Crippen LogP contribution in [0.1, 0.15) is 32.8 Å². The van der Waals surface area contributed by atoms with Gasteiger partial charge < -0.3 is 20.3 Å². The predicted octanol–water partition coefficient (Wildman–Crippen LogP) is 2.77. The lowest BCUT2D eigenvalue weighted by atomic mass is 9.87. The Hall–Kier alpha value is -2.24. The van der Waals surface area contributed by atoms with Crippen molar-refractivity contribution in [1.82, 2.24) is 15.5 Å². The second-order valence-electron chi connectivity index (χ2n) is 8.56. The highest BCUT2D eigenvalue weighted by Crippen LogP contribution is 2.21. The summed E-state index contributed by atoms with van der Waals surface area (Å²) in [6.07, 6.45) is 0.476. The molecule has 0 saturated carbocycles. The minimum Gasteiger partial charge on any atom is -0.378 e. The van der Waals surface area contributed by atoms with Crippen molar-refractivity contribution in [2.24, 2.45) is 5.41 Å². The molecule has 0 unspecified atom stereocenters. The smallest absolute Gasteiger partial charge is 0.318 e. The Morgan fingerprint density at radius 3 is 2.47 bits per heavy atom. The summed E-state index contributed by atoms with van der Waals surface area (Å²) in [6.45, 7) is 8.07. The van der Waals surface area contributed by atoms with Crippen LogP contribution in [0.5, 0.6) is 0 Å². The second-order valence-corrected chi connectivity index (χ2v) is 9.59. The van der Waals surface area contributed by atoms with Crippen LogP contribution in [0.15, 0.2) is 30.3 Å². The quantitative estimate of drug-likeness (QED) is 0.659. The van der Waals surface area contributed by atoms with Crippen molar-refractivity contribution in [2.75, 3.05) is 32.1 Å². The van der Waals surface area contributed by atoms with Gasteiger partial charge in [0.2, 0.25) is 5.91 Å². The predicted molar refractivity (Wildman–Crippen MR) is 119 cm³/mol. The Balaban J connectivity index is 1.92. The number of carbonyl (C=O) groups excluding carboxylic acids is 2. The fraction of sp³-hybridized carbons (Fsp3) is 0.591. The molecule has 164 valence electrons. The maximum Gasteiger partial charge on any atom is 0.318 e. The van der Waals surface area contributed by atoms with Crippen molar-refractivity contribution < 1.29 is 14.3 Å². The lowest BCUT2D eigenvalue weighted by Gasteiger charge is -2.31. The number of amides is 3. The van der Waals surface area contributed by atoms with Crippen LogP contribution in [-0.2, 0) is 15.3 Å². The van der Waals surface area contributed by atoms with Crippen LogP contribution < -0.4 is 10.6 Å². The van der Waals surface area contributed by atoms with Gasteiger partial charge in [-0.1, -0.05) is 51.1 Å². The minimum absolute atomic E-state index is 0.162. The Labute approximate surface area is 183 Å². The number of carbonyl (C=O) groups is 2. The molecule has 2 N–H and O–H groups in total. The summed E-state index contributed by atoms with van der Waals surface area (Å²) in [7, 11) is 0. The van der Waals surface area contributed by atoms with Crippen LogP contribution in [0.25, 0.3) is 0 Å². The molecule has 0 bridgehead atoms. The van der Waals surface area contributed by atoms with Gasteiger partial charge in [0.25, 0.3) is 0 Å². The van der Waals surface area contributed by atoms with Crippen LogP contribution in [0.2, 0.25) is 0 Å². The summed E-state index contributed by atoms with van der Waals surface area (Å²) in [5.74, 6) is 0.934. The molecule has 1 aliphatic heterocycles. The molecule has 0 aliphatic carbocycles. The van der Waals surface area contributed by atoms with E-state index in [4.69, 9.17) is 4.74 Å². The number of nitrogens with one attached hydrogen (secondary N) is 2. The molecule has 2 atom stereocenters. The maximum absolute atomic E-state index is 12.9. The average molecular weight is 433 g/mol. The Morgan fingerprint density at radius 1 is 1.20 bits per heavy atom. The summed E-state index contributed by atoms with van der Waals surface area (Å²) in [4.78, 5) is 27.2. The summed E-state index contributed by atoms with van der Waals surface area (Å²) in [6, 6.07) is 10.6. The van der Waals surface area contributed by atoms with Gasteiger partial charge in [0, 0.05) is 24.6 Å². The van der Waals surface area contributed by atoms with Gasteiger partial charge in [-0.2, -0.15) is 17.0 Å². The van der Waals surface area contributed by atoms with E-state index in [0.29, 0.717) is 38.5 Å². The first-order valence-electron chi connectivity index (χ1n) is 10.2. The van der Waals surface area contributed by atoms with E-state index in [0.717, 1.165) is 5.75 Å². The number of ether oxygens (including phenoxy) is 1. The molecule has 1 aromatic rings. The van der Waals surface area contributed by atoms with Crippen LogP contribution >= 0.6 is 11.8 Å². The van der Waals surface area contributed by atoms with Crippen LogP contribution in [0.4, 0.5) is 4.79 Å². The molecule has 7 nitrogen and oxygen atoms in total. The first-order chi connectivity index (χ1) is 14.3. The van der Waals surface area contributed by atoms with Gasteiger partial charge in [0.05, 0.1) is 19.3 Å². The number of nitrogens with zero attached hydrogens (tertiary/aromatic N) is 2. The normalized spacial score (nSPS) is 16.3. The van der Waals surface area contributed by atoms with Gasteiger partial charge in [0.15, 0.2) is 0 Å². The van der Waals surface area contributed by atoms with Crippen LogP contribution in [-0.4, -0.2) is 61.0 Å². The number of morpholine rings is 1. The summed E-state index contributed by atoms with van der Waals surface area (Å²) < 4.78 is 5.28. The number of rotatable bonds is 8. The fourth-order valence-corrected chi connectivity index (χ4v) is 4.02. The van der Waals surface area contributed by atoms with Crippen molar-refractivity contribution in [3.05, 3.63) is 35.9 Å². The van der Waals surface area contributed by atoms with Crippen molar-refractivity contribution >= 4 is 23.7 Å². The Kier molecular flexibility index (Phi) is 9.47. The third kappa shape index (κ3) is 8.64. The molecule has 0 aromatic heterocycles. The first kappa shape index (κ1) is 24.0. The third-order valence-corrected chi connectivity index (χ3v) is 5.70. The number of urea groups is 1. The summed E-state index contributed by atoms with van der Waals surface area (Å²) >= 11 is 1.60. The average Bonchev–Trinajstić information content (AvgIpc) is 2.72. The van der Waals surface area contributed by atoms with Crippen molar-refractivity contribution in [2.45, 2.75) is 45.0 Å². The van der Waals surface area contributed by atoms with Gasteiger partial charge >= 0.3 is 6.03 Å². The molecule has 1 aliphatic rings. The van der Waals surface area contributed by atoms with Crippen LogP contribution in [0.3, 0.4) is 0 Å². The van der Waals surface area contributed by atoms with Gasteiger partial charge in [-0.3, -0.25) is 4.79 Å². The first-order valence-corrected chi connectivity index (χ1v) is 11.4. The van der Waals surface area contributed by atoms with E-state index >= 15 is 0 Å². The molecule has 1 heterocycles. The van der Waals surface area contributed by atoms with Crippen molar-refractivity contribution in [1.29, 1.82) is 5.26 Å². The molecular formula is C22H32N4O3S. The summed E-state index contributed by atoms with van der Waals surface area (Å²) in [5.41, 5.74) is 1.01. The number of nitriles is 1. The Bertz CT molecular complexity index is 724. The van der Waals surface area contributed by atoms with Crippen molar-refractivity contribution in [3.8, 4) is 6.07 Å². The Morgan fingerprint density at radius 2 is 1.87 bits per heavy atom. The summed E-state index contributed by atoms with van der Waals surface area (Å²) in [5, 5.41) is 15.1. The molecular weight excluding hydrogens is 400 g/mol. The van der Waals surface area contributed by atoms with Gasteiger partial charge in [-0.05, 0) is 17.4 Å². The molecule has 0 spiro atoms. The zero-order valence-corrected chi connectivity index (χ0v) is 18.8. The van der Waals surface area contributed by atoms with E-state index in [-0.39, 0.29) is 17.4 Å². The van der Waals surface area contributed by atoms with Gasteiger partial charge in [-0.25, -0.2) is 4.79 Å². The molecule has 1 aromatic carbocycles. The molecule has 0 radical (unpaired) electrons. The highest BCUT2D eigenvalue weighted by atomic mass is 32.2. The van der Waals surface area contributed by atoms with Gasteiger partial charge in [0.1, 0.15) is 12.1 Å². The largest absolute Gasteiger partial charge is 0.378 e. The SMILES string of the molecule is CC(C)(C)C[C@H](NC(=O)N1CCOCC1)C(=O)N[C@H](C#N)CSCc1ccccc1. The number of hydrogen-bond donors (Lipinski definition) is 2. The second kappa shape index (κ2) is 11.8. The molecule has 8 heteroatoms.